The zero-order chi connectivity index (χ0) is 13.0. The van der Waals surface area contributed by atoms with Crippen LogP contribution in [0.1, 0.15) is 31.2 Å². The number of allylic oxidation sites excluding steroid dienone is 2. The summed E-state index contributed by atoms with van der Waals surface area (Å²) in [5.74, 6) is -0.00208. The second-order valence-corrected chi connectivity index (χ2v) is 4.72. The number of hydrogen-bond donors (Lipinski definition) is 1. The Labute approximate surface area is 107 Å². The van der Waals surface area contributed by atoms with Crippen molar-refractivity contribution in [2.75, 3.05) is 7.11 Å². The van der Waals surface area contributed by atoms with Gasteiger partial charge in [-0.15, -0.1) is 0 Å². The third kappa shape index (κ3) is 2.40. The summed E-state index contributed by atoms with van der Waals surface area (Å²) >= 11 is 0. The van der Waals surface area contributed by atoms with E-state index in [1.165, 1.54) is 0 Å². The van der Waals surface area contributed by atoms with Gasteiger partial charge in [-0.25, -0.2) is 0 Å². The van der Waals surface area contributed by atoms with Crippen molar-refractivity contribution in [1.82, 2.24) is 0 Å². The predicted molar refractivity (Wildman–Crippen MR) is 69.9 cm³/mol. The van der Waals surface area contributed by atoms with Crippen molar-refractivity contribution in [2.45, 2.75) is 31.1 Å². The molecule has 18 heavy (non-hydrogen) atoms. The van der Waals surface area contributed by atoms with E-state index in [1.807, 2.05) is 30.3 Å². The zero-order valence-electron chi connectivity index (χ0n) is 10.6. The lowest BCUT2D eigenvalue weighted by Gasteiger charge is -2.33. The van der Waals surface area contributed by atoms with Gasteiger partial charge < -0.3 is 9.84 Å². The fourth-order valence-electron chi connectivity index (χ4n) is 2.72. The van der Waals surface area contributed by atoms with E-state index in [0.29, 0.717) is 0 Å². The van der Waals surface area contributed by atoms with E-state index in [4.69, 9.17) is 4.74 Å². The molecule has 96 valence electrons. The monoisotopic (exact) mass is 246 g/mol. The third-order valence-electron chi connectivity index (χ3n) is 3.54. The van der Waals surface area contributed by atoms with Crippen LogP contribution in [-0.4, -0.2) is 18.2 Å². The van der Waals surface area contributed by atoms with Crippen LogP contribution in [0, 0.1) is 0 Å². The number of carboxylic acids is 1. The number of benzene rings is 1. The normalized spacial score (nSPS) is 22.7. The van der Waals surface area contributed by atoms with Gasteiger partial charge in [0, 0.05) is 11.0 Å². The molecule has 0 bridgehead atoms. The molecule has 1 unspecified atom stereocenters. The van der Waals surface area contributed by atoms with E-state index in [9.17, 15) is 9.90 Å². The van der Waals surface area contributed by atoms with Crippen molar-refractivity contribution in [3.05, 3.63) is 42.0 Å². The lowest BCUT2D eigenvalue weighted by atomic mass is 9.71. The van der Waals surface area contributed by atoms with E-state index < -0.39 is 11.4 Å². The summed E-state index contributed by atoms with van der Waals surface area (Å²) in [6, 6.07) is 7.70. The summed E-state index contributed by atoms with van der Waals surface area (Å²) < 4.78 is 5.38. The van der Waals surface area contributed by atoms with E-state index >= 15 is 0 Å². The van der Waals surface area contributed by atoms with Crippen LogP contribution in [0.3, 0.4) is 0 Å². The molecule has 0 aromatic heterocycles. The van der Waals surface area contributed by atoms with E-state index in [-0.39, 0.29) is 6.42 Å². The number of ether oxygens (including phenoxy) is 1. The quantitative estimate of drug-likeness (QED) is 0.830. The van der Waals surface area contributed by atoms with Crippen LogP contribution >= 0.6 is 0 Å². The molecule has 0 saturated carbocycles. The average molecular weight is 246 g/mol. The van der Waals surface area contributed by atoms with Crippen molar-refractivity contribution < 1.29 is 14.6 Å². The minimum atomic E-state index is -0.771. The largest absolute Gasteiger partial charge is 0.496 e. The van der Waals surface area contributed by atoms with Crippen molar-refractivity contribution >= 4 is 5.97 Å². The molecule has 1 N–H and O–H groups in total. The highest BCUT2D eigenvalue weighted by Gasteiger charge is 2.35. The van der Waals surface area contributed by atoms with Crippen molar-refractivity contribution in [1.29, 1.82) is 0 Å². The first-order chi connectivity index (χ1) is 8.68. The summed E-state index contributed by atoms with van der Waals surface area (Å²) in [6.45, 7) is 0. The summed E-state index contributed by atoms with van der Waals surface area (Å²) in [6.07, 6.45) is 7.14. The molecule has 0 spiro atoms. The van der Waals surface area contributed by atoms with Crippen LogP contribution < -0.4 is 4.74 Å². The highest BCUT2D eigenvalue weighted by molar-refractivity contribution is 5.70. The molecule has 0 amide bonds. The van der Waals surface area contributed by atoms with Gasteiger partial charge in [-0.1, -0.05) is 30.4 Å². The maximum atomic E-state index is 11.2. The summed E-state index contributed by atoms with van der Waals surface area (Å²) in [5, 5.41) is 9.18. The number of carboxylic acid groups (broad SMARTS) is 1. The highest BCUT2D eigenvalue weighted by Crippen LogP contribution is 2.42. The number of methoxy groups -OCH3 is 1. The van der Waals surface area contributed by atoms with Gasteiger partial charge in [0.2, 0.25) is 0 Å². The fraction of sp³-hybridized carbons (Fsp3) is 0.400. The molecule has 0 saturated heterocycles. The van der Waals surface area contributed by atoms with Crippen LogP contribution in [0.4, 0.5) is 0 Å². The standard InChI is InChI=1S/C15H18O3/c1-18-13-8-4-3-7-12(13)15(11-14(16)17)9-5-2-6-10-15/h3-5,7-9H,2,6,10-11H2,1H3,(H,16,17). The predicted octanol–water partition coefficient (Wildman–Crippen LogP) is 3.15. The van der Waals surface area contributed by atoms with Gasteiger partial charge in [-0.2, -0.15) is 0 Å². The average Bonchev–Trinajstić information content (AvgIpc) is 2.39. The molecule has 1 aromatic rings. The van der Waals surface area contributed by atoms with E-state index in [0.717, 1.165) is 30.6 Å². The van der Waals surface area contributed by atoms with Crippen molar-refractivity contribution in [3.8, 4) is 5.75 Å². The number of para-hydroxylation sites is 1. The maximum absolute atomic E-state index is 11.2. The summed E-state index contributed by atoms with van der Waals surface area (Å²) in [5.41, 5.74) is 0.558. The molecule has 0 aliphatic heterocycles. The lowest BCUT2D eigenvalue weighted by molar-refractivity contribution is -0.138. The van der Waals surface area contributed by atoms with Crippen LogP contribution in [0.2, 0.25) is 0 Å². The highest BCUT2D eigenvalue weighted by atomic mass is 16.5. The molecule has 2 rings (SSSR count). The smallest absolute Gasteiger partial charge is 0.304 e. The first-order valence-electron chi connectivity index (χ1n) is 6.21. The van der Waals surface area contributed by atoms with Gasteiger partial charge in [-0.05, 0) is 25.3 Å². The van der Waals surface area contributed by atoms with Crippen LogP contribution in [0.25, 0.3) is 0 Å². The topological polar surface area (TPSA) is 46.5 Å². The minimum Gasteiger partial charge on any atom is -0.496 e. The van der Waals surface area contributed by atoms with Gasteiger partial charge in [0.1, 0.15) is 5.75 Å². The van der Waals surface area contributed by atoms with Gasteiger partial charge in [-0.3, -0.25) is 4.79 Å². The Morgan fingerprint density at radius 3 is 2.83 bits per heavy atom. The van der Waals surface area contributed by atoms with E-state index in [2.05, 4.69) is 6.08 Å². The van der Waals surface area contributed by atoms with Gasteiger partial charge in [0.05, 0.1) is 13.5 Å². The fourth-order valence-corrected chi connectivity index (χ4v) is 2.72. The number of carbonyl (C=O) groups is 1. The minimum absolute atomic E-state index is 0.115. The number of rotatable bonds is 4. The molecule has 1 aliphatic carbocycles. The molecule has 3 nitrogen and oxygen atoms in total. The molecule has 1 aliphatic rings. The van der Waals surface area contributed by atoms with Crippen LogP contribution in [0.5, 0.6) is 5.75 Å². The molecular weight excluding hydrogens is 228 g/mol. The molecule has 1 atom stereocenters. The molecule has 1 aromatic carbocycles. The first-order valence-corrected chi connectivity index (χ1v) is 6.21. The summed E-state index contributed by atoms with van der Waals surface area (Å²) in [7, 11) is 1.62. The SMILES string of the molecule is COc1ccccc1C1(CC(=O)O)C=CCCC1. The second kappa shape index (κ2) is 5.25. The Kier molecular flexibility index (Phi) is 3.70. The van der Waals surface area contributed by atoms with E-state index in [1.54, 1.807) is 7.11 Å². The van der Waals surface area contributed by atoms with Crippen LogP contribution in [-0.2, 0) is 10.2 Å². The zero-order valence-corrected chi connectivity index (χ0v) is 10.6. The Morgan fingerprint density at radius 2 is 2.22 bits per heavy atom. The maximum Gasteiger partial charge on any atom is 0.304 e. The Balaban J connectivity index is 2.48. The third-order valence-corrected chi connectivity index (χ3v) is 3.54. The second-order valence-electron chi connectivity index (χ2n) is 4.72. The Hall–Kier alpha value is -1.77. The van der Waals surface area contributed by atoms with Gasteiger partial charge >= 0.3 is 5.97 Å². The van der Waals surface area contributed by atoms with Crippen molar-refractivity contribution in [2.24, 2.45) is 0 Å². The molecule has 3 heteroatoms. The molecule has 0 heterocycles. The summed E-state index contributed by atoms with van der Waals surface area (Å²) in [4.78, 5) is 11.2. The number of aliphatic carboxylic acids is 1. The first kappa shape index (κ1) is 12.7. The molecular formula is C15H18O3. The number of hydrogen-bond acceptors (Lipinski definition) is 2. The molecule has 0 fully saturated rings. The Bertz CT molecular complexity index is 465. The Morgan fingerprint density at radius 1 is 1.44 bits per heavy atom. The van der Waals surface area contributed by atoms with Crippen LogP contribution in [0.15, 0.2) is 36.4 Å². The van der Waals surface area contributed by atoms with Gasteiger partial charge in [0.25, 0.3) is 0 Å². The molecule has 0 radical (unpaired) electrons. The lowest BCUT2D eigenvalue weighted by Crippen LogP contribution is -2.29. The van der Waals surface area contributed by atoms with Gasteiger partial charge in [0.15, 0.2) is 0 Å². The van der Waals surface area contributed by atoms with Crippen molar-refractivity contribution in [3.63, 3.8) is 0 Å².